The van der Waals surface area contributed by atoms with E-state index in [0.717, 1.165) is 19.4 Å². The van der Waals surface area contributed by atoms with Crippen LogP contribution in [0.3, 0.4) is 0 Å². The molecule has 0 unspecified atom stereocenters. The van der Waals surface area contributed by atoms with Crippen molar-refractivity contribution in [1.82, 2.24) is 4.57 Å². The molecular formula is C10H15FN2O. The van der Waals surface area contributed by atoms with E-state index in [4.69, 9.17) is 5.73 Å². The van der Waals surface area contributed by atoms with E-state index >= 15 is 0 Å². The lowest BCUT2D eigenvalue weighted by molar-refractivity contribution is 0.448. The van der Waals surface area contributed by atoms with Crippen LogP contribution in [0.1, 0.15) is 19.3 Å². The van der Waals surface area contributed by atoms with Gasteiger partial charge in [-0.05, 0) is 19.3 Å². The average Bonchev–Trinajstić information content (AvgIpc) is 2.18. The summed E-state index contributed by atoms with van der Waals surface area (Å²) < 4.78 is 13.6. The summed E-state index contributed by atoms with van der Waals surface area (Å²) >= 11 is 0. The number of nitrogen functional groups attached to an aromatic ring is 1. The summed E-state index contributed by atoms with van der Waals surface area (Å²) in [7, 11) is 0. The van der Waals surface area contributed by atoms with E-state index in [-0.39, 0.29) is 17.8 Å². The number of nitrogens with zero attached hydrogens (tertiary/aromatic N) is 1. The maximum absolute atomic E-state index is 11.8. The first-order valence-electron chi connectivity index (χ1n) is 4.75. The lowest BCUT2D eigenvalue weighted by Crippen LogP contribution is -2.10. The van der Waals surface area contributed by atoms with E-state index in [1.807, 2.05) is 4.57 Å². The lowest BCUT2D eigenvalue weighted by atomic mass is 10.2. The monoisotopic (exact) mass is 198 g/mol. The SMILES string of the molecule is Nc1cn(CCCCCF)ccc1=O. The van der Waals surface area contributed by atoms with Crippen LogP contribution in [0.4, 0.5) is 10.1 Å². The average molecular weight is 198 g/mol. The Morgan fingerprint density at radius 2 is 2.14 bits per heavy atom. The number of pyridine rings is 1. The molecule has 0 aromatic carbocycles. The van der Waals surface area contributed by atoms with Gasteiger partial charge in [-0.15, -0.1) is 0 Å². The van der Waals surface area contributed by atoms with E-state index in [2.05, 4.69) is 0 Å². The maximum Gasteiger partial charge on any atom is 0.204 e. The van der Waals surface area contributed by atoms with Crippen molar-refractivity contribution in [3.63, 3.8) is 0 Å². The number of aromatic nitrogens is 1. The minimum Gasteiger partial charge on any atom is -0.394 e. The van der Waals surface area contributed by atoms with Gasteiger partial charge in [0.05, 0.1) is 12.4 Å². The number of rotatable bonds is 5. The van der Waals surface area contributed by atoms with Crippen LogP contribution in [-0.2, 0) is 6.54 Å². The highest BCUT2D eigenvalue weighted by atomic mass is 19.1. The van der Waals surface area contributed by atoms with E-state index in [1.165, 1.54) is 6.07 Å². The van der Waals surface area contributed by atoms with Crippen molar-refractivity contribution in [2.75, 3.05) is 12.4 Å². The van der Waals surface area contributed by atoms with Crippen molar-refractivity contribution in [2.24, 2.45) is 0 Å². The summed E-state index contributed by atoms with van der Waals surface area (Å²) in [6, 6.07) is 1.45. The highest BCUT2D eigenvalue weighted by Crippen LogP contribution is 2.00. The third-order valence-electron chi connectivity index (χ3n) is 2.06. The first-order chi connectivity index (χ1) is 6.74. The van der Waals surface area contributed by atoms with Crippen LogP contribution in [0.2, 0.25) is 0 Å². The normalized spacial score (nSPS) is 10.4. The molecule has 1 rings (SSSR count). The van der Waals surface area contributed by atoms with Crippen molar-refractivity contribution >= 4 is 5.69 Å². The number of aryl methyl sites for hydroxylation is 1. The van der Waals surface area contributed by atoms with E-state index in [0.29, 0.717) is 6.42 Å². The molecule has 0 saturated heterocycles. The van der Waals surface area contributed by atoms with Gasteiger partial charge in [-0.2, -0.15) is 0 Å². The second-order valence-electron chi connectivity index (χ2n) is 3.25. The second kappa shape index (κ2) is 5.42. The molecule has 0 atom stereocenters. The Bertz CT molecular complexity index is 335. The molecule has 1 aromatic rings. The van der Waals surface area contributed by atoms with Crippen LogP contribution in [0.25, 0.3) is 0 Å². The Kier molecular flexibility index (Phi) is 4.16. The number of unbranched alkanes of at least 4 members (excludes halogenated alkanes) is 2. The molecule has 0 bridgehead atoms. The molecule has 3 nitrogen and oxygen atoms in total. The topological polar surface area (TPSA) is 48.0 Å². The Labute approximate surface area is 82.4 Å². The van der Waals surface area contributed by atoms with Crippen LogP contribution >= 0.6 is 0 Å². The van der Waals surface area contributed by atoms with Crippen LogP contribution in [0.5, 0.6) is 0 Å². The predicted molar refractivity (Wildman–Crippen MR) is 54.9 cm³/mol. The van der Waals surface area contributed by atoms with Gasteiger partial charge in [-0.1, -0.05) is 0 Å². The van der Waals surface area contributed by atoms with Crippen molar-refractivity contribution in [3.8, 4) is 0 Å². The molecule has 0 fully saturated rings. The minimum atomic E-state index is -0.258. The number of alkyl halides is 1. The molecule has 0 aliphatic rings. The second-order valence-corrected chi connectivity index (χ2v) is 3.25. The number of nitrogens with two attached hydrogens (primary N) is 1. The van der Waals surface area contributed by atoms with Crippen LogP contribution in [-0.4, -0.2) is 11.2 Å². The molecule has 0 spiro atoms. The quantitative estimate of drug-likeness (QED) is 0.730. The van der Waals surface area contributed by atoms with Crippen molar-refractivity contribution < 1.29 is 4.39 Å². The summed E-state index contributed by atoms with van der Waals surface area (Å²) in [6.07, 6.45) is 5.70. The van der Waals surface area contributed by atoms with Gasteiger partial charge in [0.25, 0.3) is 0 Å². The van der Waals surface area contributed by atoms with Gasteiger partial charge in [0.15, 0.2) is 0 Å². The molecule has 4 heteroatoms. The summed E-state index contributed by atoms with van der Waals surface area (Å²) in [5.41, 5.74) is 5.57. The molecule has 14 heavy (non-hydrogen) atoms. The fourth-order valence-corrected chi connectivity index (χ4v) is 1.25. The van der Waals surface area contributed by atoms with E-state index in [9.17, 15) is 9.18 Å². The summed E-state index contributed by atoms with van der Waals surface area (Å²) in [6.45, 7) is 0.525. The summed E-state index contributed by atoms with van der Waals surface area (Å²) in [4.78, 5) is 11.0. The maximum atomic E-state index is 11.8. The summed E-state index contributed by atoms with van der Waals surface area (Å²) in [5.74, 6) is 0. The van der Waals surface area contributed by atoms with Gasteiger partial charge in [-0.3, -0.25) is 9.18 Å². The molecule has 1 aromatic heterocycles. The third kappa shape index (κ3) is 3.20. The Balaban J connectivity index is 2.43. The number of halogens is 1. The first-order valence-corrected chi connectivity index (χ1v) is 4.75. The third-order valence-corrected chi connectivity index (χ3v) is 2.06. The molecule has 1 heterocycles. The standard InChI is InChI=1S/C10H15FN2O/c11-5-2-1-3-6-13-7-4-10(14)9(12)8-13/h4,7-8H,1-3,5-6,12H2. The van der Waals surface area contributed by atoms with Crippen molar-refractivity contribution in [1.29, 1.82) is 0 Å². The fraction of sp³-hybridized carbons (Fsp3) is 0.500. The first kappa shape index (κ1) is 10.8. The summed E-state index contributed by atoms with van der Waals surface area (Å²) in [5, 5.41) is 0. The van der Waals surface area contributed by atoms with Gasteiger partial charge in [0.2, 0.25) is 5.43 Å². The van der Waals surface area contributed by atoms with E-state index in [1.54, 1.807) is 12.4 Å². The van der Waals surface area contributed by atoms with Crippen LogP contribution < -0.4 is 11.2 Å². The Hall–Kier alpha value is -1.32. The molecule has 2 N–H and O–H groups in total. The molecule has 0 amide bonds. The highest BCUT2D eigenvalue weighted by molar-refractivity contribution is 5.33. The van der Waals surface area contributed by atoms with Crippen LogP contribution in [0.15, 0.2) is 23.3 Å². The van der Waals surface area contributed by atoms with Gasteiger partial charge >= 0.3 is 0 Å². The Morgan fingerprint density at radius 3 is 2.79 bits per heavy atom. The minimum absolute atomic E-state index is 0.148. The molecule has 0 saturated carbocycles. The molecule has 78 valence electrons. The predicted octanol–water partition coefficient (Wildman–Crippen LogP) is 1.57. The number of hydrogen-bond acceptors (Lipinski definition) is 2. The van der Waals surface area contributed by atoms with Gasteiger partial charge in [0, 0.05) is 25.0 Å². The molecular weight excluding hydrogens is 183 g/mol. The van der Waals surface area contributed by atoms with Gasteiger partial charge in [-0.25, -0.2) is 0 Å². The molecule has 0 radical (unpaired) electrons. The van der Waals surface area contributed by atoms with Crippen molar-refractivity contribution in [2.45, 2.75) is 25.8 Å². The fourth-order valence-electron chi connectivity index (χ4n) is 1.25. The zero-order chi connectivity index (χ0) is 10.4. The zero-order valence-electron chi connectivity index (χ0n) is 8.08. The Morgan fingerprint density at radius 1 is 1.36 bits per heavy atom. The number of hydrogen-bond donors (Lipinski definition) is 1. The van der Waals surface area contributed by atoms with Crippen molar-refractivity contribution in [3.05, 3.63) is 28.7 Å². The lowest BCUT2D eigenvalue weighted by Gasteiger charge is -2.05. The van der Waals surface area contributed by atoms with E-state index < -0.39 is 0 Å². The smallest absolute Gasteiger partial charge is 0.204 e. The molecule has 0 aliphatic heterocycles. The van der Waals surface area contributed by atoms with Gasteiger partial charge in [0.1, 0.15) is 0 Å². The zero-order valence-corrected chi connectivity index (χ0v) is 8.08. The molecule has 0 aliphatic carbocycles. The van der Waals surface area contributed by atoms with Crippen LogP contribution in [0, 0.1) is 0 Å². The van der Waals surface area contributed by atoms with Gasteiger partial charge < -0.3 is 10.3 Å². The largest absolute Gasteiger partial charge is 0.394 e. The number of anilines is 1. The highest BCUT2D eigenvalue weighted by Gasteiger charge is 1.95.